The first-order valence-electron chi connectivity index (χ1n) is 6.28. The van der Waals surface area contributed by atoms with E-state index >= 15 is 0 Å². The first kappa shape index (κ1) is 11.3. The Kier molecular flexibility index (Phi) is 2.80. The van der Waals surface area contributed by atoms with E-state index in [1.54, 1.807) is 12.4 Å². The van der Waals surface area contributed by atoms with E-state index in [2.05, 4.69) is 15.0 Å². The van der Waals surface area contributed by atoms with E-state index in [-0.39, 0.29) is 5.41 Å². The fourth-order valence-corrected chi connectivity index (χ4v) is 2.42. The van der Waals surface area contributed by atoms with E-state index in [4.69, 9.17) is 5.73 Å². The fraction of sp³-hybridized carbons (Fsp3) is 0.357. The molecule has 92 valence electrons. The minimum absolute atomic E-state index is 0.0169. The fourth-order valence-electron chi connectivity index (χ4n) is 2.42. The molecule has 2 N–H and O–H groups in total. The molecule has 1 aliphatic carbocycles. The van der Waals surface area contributed by atoms with E-state index in [9.17, 15) is 0 Å². The topological polar surface area (TPSA) is 64.7 Å². The number of hydrogen-bond acceptors (Lipinski definition) is 4. The molecule has 3 rings (SSSR count). The highest BCUT2D eigenvalue weighted by Crippen LogP contribution is 2.41. The molecule has 0 saturated heterocycles. The second kappa shape index (κ2) is 4.46. The number of rotatable bonds is 3. The van der Waals surface area contributed by atoms with Crippen molar-refractivity contribution in [3.8, 4) is 11.3 Å². The normalized spacial score (nSPS) is 17.2. The zero-order chi connectivity index (χ0) is 12.4. The standard InChI is InChI=1S/C14H16N4/c15-10-14(5-1-6-14)13-17-9-4-12(18-13)11-2-7-16-8-3-11/h2-4,7-9H,1,5-6,10,15H2. The molecule has 0 unspecified atom stereocenters. The molecular weight excluding hydrogens is 224 g/mol. The van der Waals surface area contributed by atoms with Gasteiger partial charge in [-0.2, -0.15) is 0 Å². The van der Waals surface area contributed by atoms with Crippen LogP contribution >= 0.6 is 0 Å². The van der Waals surface area contributed by atoms with Crippen LogP contribution in [0, 0.1) is 0 Å². The monoisotopic (exact) mass is 240 g/mol. The summed E-state index contributed by atoms with van der Waals surface area (Å²) in [5, 5.41) is 0. The number of nitrogens with zero attached hydrogens (tertiary/aromatic N) is 3. The average molecular weight is 240 g/mol. The average Bonchev–Trinajstić information content (AvgIpc) is 2.40. The van der Waals surface area contributed by atoms with Crippen LogP contribution in [-0.2, 0) is 5.41 Å². The lowest BCUT2D eigenvalue weighted by Gasteiger charge is -2.39. The van der Waals surface area contributed by atoms with Crippen LogP contribution in [0.5, 0.6) is 0 Å². The van der Waals surface area contributed by atoms with Gasteiger partial charge < -0.3 is 5.73 Å². The van der Waals surface area contributed by atoms with Crippen molar-refractivity contribution in [2.45, 2.75) is 24.7 Å². The SMILES string of the molecule is NCC1(c2nccc(-c3ccncc3)n2)CCC1. The van der Waals surface area contributed by atoms with Crippen LogP contribution in [-0.4, -0.2) is 21.5 Å². The van der Waals surface area contributed by atoms with Gasteiger partial charge in [-0.15, -0.1) is 0 Å². The van der Waals surface area contributed by atoms with Gasteiger partial charge in [-0.3, -0.25) is 4.98 Å². The maximum atomic E-state index is 5.90. The van der Waals surface area contributed by atoms with Gasteiger partial charge in [0, 0.05) is 36.1 Å². The number of hydrogen-bond donors (Lipinski definition) is 1. The maximum Gasteiger partial charge on any atom is 0.136 e. The summed E-state index contributed by atoms with van der Waals surface area (Å²) < 4.78 is 0. The van der Waals surface area contributed by atoms with Crippen LogP contribution in [0.25, 0.3) is 11.3 Å². The van der Waals surface area contributed by atoms with Gasteiger partial charge in [0.25, 0.3) is 0 Å². The molecule has 0 aromatic carbocycles. The Balaban J connectivity index is 1.99. The van der Waals surface area contributed by atoms with Crippen molar-refractivity contribution in [2.24, 2.45) is 5.73 Å². The second-order valence-electron chi connectivity index (χ2n) is 4.84. The molecule has 2 aromatic heterocycles. The summed E-state index contributed by atoms with van der Waals surface area (Å²) in [5.41, 5.74) is 7.93. The second-order valence-corrected chi connectivity index (χ2v) is 4.84. The van der Waals surface area contributed by atoms with Crippen molar-refractivity contribution in [3.05, 3.63) is 42.6 Å². The lowest BCUT2D eigenvalue weighted by molar-refractivity contribution is 0.238. The third-order valence-corrected chi connectivity index (χ3v) is 3.81. The van der Waals surface area contributed by atoms with Gasteiger partial charge in [-0.25, -0.2) is 9.97 Å². The molecule has 0 aliphatic heterocycles. The molecule has 0 spiro atoms. The summed E-state index contributed by atoms with van der Waals surface area (Å²) in [4.78, 5) is 13.1. The van der Waals surface area contributed by atoms with Gasteiger partial charge in [0.15, 0.2) is 0 Å². The maximum absolute atomic E-state index is 5.90. The Morgan fingerprint density at radius 2 is 1.89 bits per heavy atom. The van der Waals surface area contributed by atoms with Crippen molar-refractivity contribution in [2.75, 3.05) is 6.54 Å². The Hall–Kier alpha value is -1.81. The first-order valence-corrected chi connectivity index (χ1v) is 6.28. The van der Waals surface area contributed by atoms with E-state index in [0.717, 1.165) is 29.9 Å². The predicted molar refractivity (Wildman–Crippen MR) is 69.8 cm³/mol. The van der Waals surface area contributed by atoms with Crippen LogP contribution in [0.4, 0.5) is 0 Å². The number of nitrogens with two attached hydrogens (primary N) is 1. The van der Waals surface area contributed by atoms with Crippen LogP contribution in [0.1, 0.15) is 25.1 Å². The predicted octanol–water partition coefficient (Wildman–Crippen LogP) is 1.92. The van der Waals surface area contributed by atoms with Crippen molar-refractivity contribution in [3.63, 3.8) is 0 Å². The van der Waals surface area contributed by atoms with Crippen LogP contribution < -0.4 is 5.73 Å². The smallest absolute Gasteiger partial charge is 0.136 e. The minimum Gasteiger partial charge on any atom is -0.329 e. The third-order valence-electron chi connectivity index (χ3n) is 3.81. The summed E-state index contributed by atoms with van der Waals surface area (Å²) in [6, 6.07) is 5.85. The molecule has 18 heavy (non-hydrogen) atoms. The Morgan fingerprint density at radius 1 is 1.11 bits per heavy atom. The van der Waals surface area contributed by atoms with Crippen molar-refractivity contribution >= 4 is 0 Å². The molecule has 0 radical (unpaired) electrons. The lowest BCUT2D eigenvalue weighted by atomic mass is 9.68. The summed E-state index contributed by atoms with van der Waals surface area (Å²) in [6.45, 7) is 0.632. The molecule has 2 aromatic rings. The highest BCUT2D eigenvalue weighted by molar-refractivity contribution is 5.57. The molecule has 4 nitrogen and oxygen atoms in total. The van der Waals surface area contributed by atoms with Crippen molar-refractivity contribution in [1.82, 2.24) is 15.0 Å². The van der Waals surface area contributed by atoms with Gasteiger partial charge in [-0.05, 0) is 31.0 Å². The first-order chi connectivity index (χ1) is 8.84. The molecule has 0 bridgehead atoms. The molecule has 1 saturated carbocycles. The summed E-state index contributed by atoms with van der Waals surface area (Å²) in [7, 11) is 0. The van der Waals surface area contributed by atoms with Gasteiger partial charge in [-0.1, -0.05) is 6.42 Å². The molecule has 1 fully saturated rings. The highest BCUT2D eigenvalue weighted by atomic mass is 14.9. The quantitative estimate of drug-likeness (QED) is 0.890. The minimum atomic E-state index is 0.0169. The largest absolute Gasteiger partial charge is 0.329 e. The van der Waals surface area contributed by atoms with E-state index < -0.39 is 0 Å². The zero-order valence-corrected chi connectivity index (χ0v) is 10.2. The summed E-state index contributed by atoms with van der Waals surface area (Å²) >= 11 is 0. The molecule has 4 heteroatoms. The molecule has 0 atom stereocenters. The molecule has 0 amide bonds. The summed E-state index contributed by atoms with van der Waals surface area (Å²) in [5.74, 6) is 0.894. The van der Waals surface area contributed by atoms with Crippen molar-refractivity contribution in [1.29, 1.82) is 0 Å². The van der Waals surface area contributed by atoms with Crippen LogP contribution in [0.15, 0.2) is 36.8 Å². The van der Waals surface area contributed by atoms with Crippen LogP contribution in [0.3, 0.4) is 0 Å². The van der Waals surface area contributed by atoms with Crippen LogP contribution in [0.2, 0.25) is 0 Å². The van der Waals surface area contributed by atoms with E-state index in [1.165, 1.54) is 6.42 Å². The lowest BCUT2D eigenvalue weighted by Crippen LogP contribution is -2.43. The van der Waals surface area contributed by atoms with Gasteiger partial charge >= 0.3 is 0 Å². The molecule has 2 heterocycles. The highest BCUT2D eigenvalue weighted by Gasteiger charge is 2.40. The van der Waals surface area contributed by atoms with E-state index in [0.29, 0.717) is 6.54 Å². The number of pyridine rings is 1. The zero-order valence-electron chi connectivity index (χ0n) is 10.2. The Labute approximate surface area is 106 Å². The number of aromatic nitrogens is 3. The van der Waals surface area contributed by atoms with E-state index in [1.807, 2.05) is 24.4 Å². The Bertz CT molecular complexity index is 529. The third kappa shape index (κ3) is 1.78. The molecule has 1 aliphatic rings. The van der Waals surface area contributed by atoms with Gasteiger partial charge in [0.1, 0.15) is 5.82 Å². The van der Waals surface area contributed by atoms with Crippen molar-refractivity contribution < 1.29 is 0 Å². The molecular formula is C14H16N4. The van der Waals surface area contributed by atoms with Gasteiger partial charge in [0.2, 0.25) is 0 Å². The summed E-state index contributed by atoms with van der Waals surface area (Å²) in [6.07, 6.45) is 8.80. The Morgan fingerprint density at radius 3 is 2.50 bits per heavy atom. The van der Waals surface area contributed by atoms with Gasteiger partial charge in [0.05, 0.1) is 5.69 Å².